The van der Waals surface area contributed by atoms with Gasteiger partial charge < -0.3 is 5.32 Å². The number of hydrogen-bond acceptors (Lipinski definition) is 2. The minimum atomic E-state index is -3.29. The Labute approximate surface area is 67.6 Å². The van der Waals surface area contributed by atoms with E-state index in [2.05, 4.69) is 12.6 Å². The minimum absolute atomic E-state index is 0.955. The lowest BCUT2D eigenvalue weighted by molar-refractivity contribution is -0.126. The summed E-state index contributed by atoms with van der Waals surface area (Å²) in [6.45, 7) is 0.00912. The third kappa shape index (κ3) is 6.03. The van der Waals surface area contributed by atoms with Gasteiger partial charge in [-0.15, -0.1) is 12.6 Å². The molecule has 0 aliphatic heterocycles. The van der Waals surface area contributed by atoms with Crippen LogP contribution in [0, 0.1) is 0 Å². The molecule has 1 unspecified atom stereocenters. The van der Waals surface area contributed by atoms with Crippen LogP contribution in [0.15, 0.2) is 0 Å². The van der Waals surface area contributed by atoms with Gasteiger partial charge in [0.2, 0.25) is 0 Å². The van der Waals surface area contributed by atoms with Crippen molar-refractivity contribution in [2.45, 2.75) is 18.3 Å². The number of amides is 1. The summed E-state index contributed by atoms with van der Waals surface area (Å²) in [7, 11) is 0. The Balaban J connectivity index is 3.64. The maximum atomic E-state index is 12.0. The lowest BCUT2D eigenvalue weighted by Crippen LogP contribution is -2.37. The number of rotatable bonds is 3. The lowest BCUT2D eigenvalue weighted by Gasteiger charge is -2.10. The Bertz CT molecular complexity index is 145. The first-order chi connectivity index (χ1) is 4.83. The van der Waals surface area contributed by atoms with Gasteiger partial charge in [0, 0.05) is 0 Å². The summed E-state index contributed by atoms with van der Waals surface area (Å²) in [4.78, 5) is 10.3. The number of carbonyl (C=O) groups is 1. The van der Waals surface area contributed by atoms with E-state index in [1.54, 1.807) is 5.32 Å². The van der Waals surface area contributed by atoms with Crippen LogP contribution in [0.1, 0.15) is 6.92 Å². The molecule has 0 bridgehead atoms. The fourth-order valence-corrected chi connectivity index (χ4v) is 0.413. The van der Waals surface area contributed by atoms with Gasteiger partial charge in [-0.1, -0.05) is 0 Å². The fraction of sp³-hybridized carbons (Fsp3) is 0.800. The number of alkyl halides is 3. The molecule has 0 heterocycles. The Morgan fingerprint density at radius 3 is 2.45 bits per heavy atom. The van der Waals surface area contributed by atoms with Crippen molar-refractivity contribution < 1.29 is 18.0 Å². The highest BCUT2D eigenvalue weighted by Gasteiger charge is 2.24. The Kier molecular flexibility index (Phi) is 3.71. The molecule has 11 heavy (non-hydrogen) atoms. The Hall–Kier alpha value is -0.390. The zero-order valence-corrected chi connectivity index (χ0v) is 6.67. The molecule has 0 aliphatic rings. The van der Waals surface area contributed by atoms with Crippen molar-refractivity contribution >= 4 is 18.5 Å². The molecule has 0 spiro atoms. The standard InChI is InChI=1S/C5H8F3NOS/c1-3(6)4(10)9-2-5(7,8)11/h3,11H,2H2,1H3,(H,9,10). The average molecular weight is 187 g/mol. The van der Waals surface area contributed by atoms with Crippen LogP contribution in [0.3, 0.4) is 0 Å². The highest BCUT2D eigenvalue weighted by atomic mass is 32.1. The van der Waals surface area contributed by atoms with E-state index in [4.69, 9.17) is 0 Å². The second-order valence-corrected chi connectivity index (χ2v) is 2.65. The molecule has 1 N–H and O–H groups in total. The number of carbonyl (C=O) groups excluding carboxylic acids is 1. The molecule has 0 fully saturated rings. The van der Waals surface area contributed by atoms with Crippen LogP contribution < -0.4 is 5.32 Å². The van der Waals surface area contributed by atoms with Gasteiger partial charge in [-0.05, 0) is 6.92 Å². The van der Waals surface area contributed by atoms with Crippen molar-refractivity contribution in [2.24, 2.45) is 0 Å². The fourth-order valence-electron chi connectivity index (χ4n) is 0.334. The Morgan fingerprint density at radius 1 is 1.73 bits per heavy atom. The van der Waals surface area contributed by atoms with Crippen LogP contribution >= 0.6 is 12.6 Å². The molecule has 0 aliphatic carbocycles. The molecule has 66 valence electrons. The van der Waals surface area contributed by atoms with Gasteiger partial charge in [-0.3, -0.25) is 4.79 Å². The van der Waals surface area contributed by atoms with Gasteiger partial charge in [0.15, 0.2) is 6.17 Å². The molecule has 0 aromatic rings. The zero-order valence-electron chi connectivity index (χ0n) is 5.77. The number of nitrogens with one attached hydrogen (secondary N) is 1. The summed E-state index contributed by atoms with van der Waals surface area (Å²) < 4.78 is 35.7. The maximum absolute atomic E-state index is 12.0. The third-order valence-electron chi connectivity index (χ3n) is 0.837. The quantitative estimate of drug-likeness (QED) is 0.634. The molecular formula is C5H8F3NOS. The van der Waals surface area contributed by atoms with E-state index < -0.39 is 23.9 Å². The summed E-state index contributed by atoms with van der Waals surface area (Å²) >= 11 is 2.83. The summed E-state index contributed by atoms with van der Waals surface area (Å²) in [6, 6.07) is 0. The van der Waals surface area contributed by atoms with Gasteiger partial charge in [0.1, 0.15) is 0 Å². The molecule has 6 heteroatoms. The van der Waals surface area contributed by atoms with Gasteiger partial charge in [0.05, 0.1) is 6.54 Å². The summed E-state index contributed by atoms with van der Waals surface area (Å²) in [6.07, 6.45) is -1.77. The van der Waals surface area contributed by atoms with Crippen LogP contribution in [0.2, 0.25) is 0 Å². The minimum Gasteiger partial charge on any atom is -0.347 e. The summed E-state index contributed by atoms with van der Waals surface area (Å²) in [5.74, 6) is -1.06. The second kappa shape index (κ2) is 3.85. The van der Waals surface area contributed by atoms with Crippen molar-refractivity contribution in [2.75, 3.05) is 6.54 Å². The van der Waals surface area contributed by atoms with E-state index in [-0.39, 0.29) is 0 Å². The molecule has 0 aromatic carbocycles. The molecule has 2 nitrogen and oxygen atoms in total. The molecule has 0 saturated heterocycles. The SMILES string of the molecule is CC(F)C(=O)NCC(F)(F)S. The largest absolute Gasteiger partial charge is 0.347 e. The van der Waals surface area contributed by atoms with Gasteiger partial charge >= 0.3 is 5.25 Å². The molecule has 1 atom stereocenters. The first-order valence-electron chi connectivity index (χ1n) is 2.85. The summed E-state index contributed by atoms with van der Waals surface area (Å²) in [5, 5.41) is -1.61. The highest BCUT2D eigenvalue weighted by molar-refractivity contribution is 7.81. The van der Waals surface area contributed by atoms with E-state index in [1.165, 1.54) is 0 Å². The van der Waals surface area contributed by atoms with Crippen molar-refractivity contribution in [1.29, 1.82) is 0 Å². The Morgan fingerprint density at radius 2 is 2.18 bits per heavy atom. The predicted octanol–water partition coefficient (Wildman–Crippen LogP) is 0.983. The van der Waals surface area contributed by atoms with Crippen LogP contribution in [0.4, 0.5) is 13.2 Å². The smallest absolute Gasteiger partial charge is 0.308 e. The second-order valence-electron chi connectivity index (χ2n) is 2.00. The van der Waals surface area contributed by atoms with E-state index in [0.717, 1.165) is 6.92 Å². The van der Waals surface area contributed by atoms with Crippen LogP contribution in [0.25, 0.3) is 0 Å². The average Bonchev–Trinajstić information content (AvgIpc) is 1.80. The molecule has 0 radical (unpaired) electrons. The number of hydrogen-bond donors (Lipinski definition) is 2. The van der Waals surface area contributed by atoms with Crippen LogP contribution in [-0.4, -0.2) is 23.9 Å². The van der Waals surface area contributed by atoms with Gasteiger partial charge in [-0.25, -0.2) is 4.39 Å². The molecule has 0 aromatic heterocycles. The summed E-state index contributed by atoms with van der Waals surface area (Å²) in [5.41, 5.74) is 0. The van der Waals surface area contributed by atoms with Crippen LogP contribution in [0.5, 0.6) is 0 Å². The molecular weight excluding hydrogens is 179 g/mol. The van der Waals surface area contributed by atoms with E-state index in [1.807, 2.05) is 0 Å². The number of halogens is 3. The zero-order chi connectivity index (χ0) is 9.07. The van der Waals surface area contributed by atoms with Crippen molar-refractivity contribution in [3.8, 4) is 0 Å². The molecule has 1 amide bonds. The van der Waals surface area contributed by atoms with E-state index in [0.29, 0.717) is 0 Å². The van der Waals surface area contributed by atoms with Crippen molar-refractivity contribution in [3.05, 3.63) is 0 Å². The highest BCUT2D eigenvalue weighted by Crippen LogP contribution is 2.15. The van der Waals surface area contributed by atoms with Gasteiger partial charge in [0.25, 0.3) is 5.91 Å². The topological polar surface area (TPSA) is 29.1 Å². The molecule has 0 rings (SSSR count). The predicted molar refractivity (Wildman–Crippen MR) is 37.5 cm³/mol. The van der Waals surface area contributed by atoms with Crippen molar-refractivity contribution in [1.82, 2.24) is 5.32 Å². The monoisotopic (exact) mass is 187 g/mol. The van der Waals surface area contributed by atoms with E-state index >= 15 is 0 Å². The normalized spacial score (nSPS) is 14.3. The number of thiol groups is 1. The van der Waals surface area contributed by atoms with Gasteiger partial charge in [-0.2, -0.15) is 8.78 Å². The van der Waals surface area contributed by atoms with Crippen molar-refractivity contribution in [3.63, 3.8) is 0 Å². The lowest BCUT2D eigenvalue weighted by atomic mass is 10.4. The van der Waals surface area contributed by atoms with E-state index in [9.17, 15) is 18.0 Å². The third-order valence-corrected chi connectivity index (χ3v) is 0.995. The first-order valence-corrected chi connectivity index (χ1v) is 3.29. The molecule has 0 saturated carbocycles. The maximum Gasteiger partial charge on any atom is 0.308 e. The van der Waals surface area contributed by atoms with Crippen LogP contribution in [-0.2, 0) is 4.79 Å². The first kappa shape index (κ1) is 10.6.